The second-order valence-corrected chi connectivity index (χ2v) is 6.91. The number of aromatic nitrogens is 4. The summed E-state index contributed by atoms with van der Waals surface area (Å²) in [5.41, 5.74) is -0.379. The number of nitrogens with zero attached hydrogens (tertiary/aromatic N) is 3. The SMILES string of the molecule is CC1(C(=O)NC2(c3nn[nH]n3)CCC2)CCCS1. The zero-order valence-corrected chi connectivity index (χ0v) is 11.2. The summed E-state index contributed by atoms with van der Waals surface area (Å²) in [4.78, 5) is 12.5. The average molecular weight is 267 g/mol. The van der Waals surface area contributed by atoms with E-state index in [1.165, 1.54) is 0 Å². The molecule has 1 aromatic heterocycles. The molecule has 3 rings (SSSR count). The quantitative estimate of drug-likeness (QED) is 0.853. The Balaban J connectivity index is 1.77. The van der Waals surface area contributed by atoms with Gasteiger partial charge < -0.3 is 5.32 Å². The highest BCUT2D eigenvalue weighted by Gasteiger charge is 2.47. The van der Waals surface area contributed by atoms with Crippen LogP contribution in [0.5, 0.6) is 0 Å². The van der Waals surface area contributed by atoms with Crippen LogP contribution >= 0.6 is 11.8 Å². The monoisotopic (exact) mass is 267 g/mol. The van der Waals surface area contributed by atoms with Gasteiger partial charge in [-0.25, -0.2) is 0 Å². The molecule has 6 nitrogen and oxygen atoms in total. The van der Waals surface area contributed by atoms with Gasteiger partial charge >= 0.3 is 0 Å². The van der Waals surface area contributed by atoms with E-state index in [-0.39, 0.29) is 16.2 Å². The molecule has 2 heterocycles. The largest absolute Gasteiger partial charge is 0.342 e. The summed E-state index contributed by atoms with van der Waals surface area (Å²) in [7, 11) is 0. The molecule has 18 heavy (non-hydrogen) atoms. The number of tetrazole rings is 1. The molecule has 0 spiro atoms. The maximum atomic E-state index is 12.5. The molecule has 1 aliphatic carbocycles. The summed E-state index contributed by atoms with van der Waals surface area (Å²) in [6.45, 7) is 2.03. The molecule has 1 aromatic rings. The van der Waals surface area contributed by atoms with Crippen molar-refractivity contribution in [1.29, 1.82) is 0 Å². The third kappa shape index (κ3) is 1.81. The Labute approximate surface area is 110 Å². The first-order chi connectivity index (χ1) is 8.65. The van der Waals surface area contributed by atoms with E-state index < -0.39 is 0 Å². The first kappa shape index (κ1) is 12.0. The number of rotatable bonds is 3. The van der Waals surface area contributed by atoms with Crippen molar-refractivity contribution < 1.29 is 4.79 Å². The van der Waals surface area contributed by atoms with Crippen LogP contribution in [0.4, 0.5) is 0 Å². The molecule has 2 fully saturated rings. The van der Waals surface area contributed by atoms with Gasteiger partial charge in [-0.1, -0.05) is 5.21 Å². The van der Waals surface area contributed by atoms with E-state index in [2.05, 4.69) is 25.9 Å². The minimum absolute atomic E-state index is 0.120. The Kier molecular flexibility index (Phi) is 2.80. The minimum Gasteiger partial charge on any atom is -0.342 e. The molecule has 0 bridgehead atoms. The van der Waals surface area contributed by atoms with Crippen LogP contribution in [0.25, 0.3) is 0 Å². The molecule has 98 valence electrons. The Morgan fingerprint density at radius 1 is 1.39 bits per heavy atom. The first-order valence-electron chi connectivity index (χ1n) is 6.35. The second-order valence-electron chi connectivity index (χ2n) is 5.31. The molecule has 0 radical (unpaired) electrons. The topological polar surface area (TPSA) is 83.6 Å². The van der Waals surface area contributed by atoms with Gasteiger partial charge in [0.25, 0.3) is 0 Å². The van der Waals surface area contributed by atoms with E-state index >= 15 is 0 Å². The van der Waals surface area contributed by atoms with Gasteiger partial charge in [-0.15, -0.1) is 22.0 Å². The van der Waals surface area contributed by atoms with Gasteiger partial charge in [0.1, 0.15) is 5.54 Å². The lowest BCUT2D eigenvalue weighted by atomic mass is 9.75. The molecular weight excluding hydrogens is 250 g/mol. The molecule has 2 N–H and O–H groups in total. The fourth-order valence-electron chi connectivity index (χ4n) is 2.61. The number of aromatic amines is 1. The number of carbonyl (C=O) groups is 1. The van der Waals surface area contributed by atoms with E-state index in [0.717, 1.165) is 37.9 Å². The summed E-state index contributed by atoms with van der Waals surface area (Å²) < 4.78 is -0.285. The predicted octanol–water partition coefficient (Wildman–Crippen LogP) is 0.981. The predicted molar refractivity (Wildman–Crippen MR) is 67.9 cm³/mol. The third-order valence-electron chi connectivity index (χ3n) is 4.03. The molecule has 2 aliphatic rings. The number of H-pyrrole nitrogens is 1. The Morgan fingerprint density at radius 3 is 2.72 bits per heavy atom. The average Bonchev–Trinajstić information content (AvgIpc) is 2.94. The van der Waals surface area contributed by atoms with Crippen LogP contribution in [0.3, 0.4) is 0 Å². The van der Waals surface area contributed by atoms with Crippen LogP contribution in [-0.4, -0.2) is 37.0 Å². The van der Waals surface area contributed by atoms with E-state index in [0.29, 0.717) is 5.82 Å². The fourth-order valence-corrected chi connectivity index (χ4v) is 3.82. The number of amides is 1. The van der Waals surface area contributed by atoms with Crippen LogP contribution in [-0.2, 0) is 10.3 Å². The highest BCUT2D eigenvalue weighted by atomic mass is 32.2. The molecule has 1 aliphatic heterocycles. The van der Waals surface area contributed by atoms with Crippen molar-refractivity contribution in [3.63, 3.8) is 0 Å². The van der Waals surface area contributed by atoms with Gasteiger partial charge in [-0.05, 0) is 44.8 Å². The minimum atomic E-state index is -0.379. The smallest absolute Gasteiger partial charge is 0.236 e. The van der Waals surface area contributed by atoms with Gasteiger partial charge in [-0.3, -0.25) is 4.79 Å². The standard InChI is InChI=1S/C11H17N5OS/c1-10(4-3-7-18-10)9(17)12-11(5-2-6-11)8-13-15-16-14-8/h2-7H2,1H3,(H,12,17)(H,13,14,15,16). The molecule has 0 aromatic carbocycles. The number of hydrogen-bond donors (Lipinski definition) is 2. The lowest BCUT2D eigenvalue weighted by Crippen LogP contribution is -2.56. The maximum Gasteiger partial charge on any atom is 0.236 e. The summed E-state index contributed by atoms with van der Waals surface area (Å²) in [6, 6.07) is 0. The second kappa shape index (κ2) is 4.22. The van der Waals surface area contributed by atoms with E-state index in [9.17, 15) is 4.79 Å². The van der Waals surface area contributed by atoms with Crippen LogP contribution < -0.4 is 5.32 Å². The normalized spacial score (nSPS) is 29.8. The van der Waals surface area contributed by atoms with Crippen molar-refractivity contribution in [2.45, 2.75) is 49.3 Å². The van der Waals surface area contributed by atoms with Gasteiger partial charge in [0.15, 0.2) is 5.82 Å². The van der Waals surface area contributed by atoms with Crippen molar-refractivity contribution in [1.82, 2.24) is 25.9 Å². The molecule has 1 saturated heterocycles. The molecule has 1 atom stereocenters. The summed E-state index contributed by atoms with van der Waals surface area (Å²) in [5.74, 6) is 1.81. The van der Waals surface area contributed by atoms with Gasteiger partial charge in [0.2, 0.25) is 5.91 Å². The van der Waals surface area contributed by atoms with Gasteiger partial charge in [0.05, 0.1) is 4.75 Å². The summed E-state index contributed by atoms with van der Waals surface area (Å²) in [5, 5.41) is 17.3. The van der Waals surface area contributed by atoms with Gasteiger partial charge in [-0.2, -0.15) is 5.21 Å². The zero-order valence-electron chi connectivity index (χ0n) is 10.4. The molecule has 1 unspecified atom stereocenters. The van der Waals surface area contributed by atoms with Crippen molar-refractivity contribution in [2.75, 3.05) is 5.75 Å². The molecular formula is C11H17N5OS. The Morgan fingerprint density at radius 2 is 2.22 bits per heavy atom. The third-order valence-corrected chi connectivity index (χ3v) is 5.55. The van der Waals surface area contributed by atoms with Gasteiger partial charge in [0, 0.05) is 0 Å². The molecule has 7 heteroatoms. The Bertz CT molecular complexity index is 436. The summed E-state index contributed by atoms with van der Waals surface area (Å²) in [6.07, 6.45) is 4.96. The van der Waals surface area contributed by atoms with Crippen molar-refractivity contribution in [3.8, 4) is 0 Å². The van der Waals surface area contributed by atoms with E-state index in [1.807, 2.05) is 6.92 Å². The first-order valence-corrected chi connectivity index (χ1v) is 7.34. The number of carbonyl (C=O) groups excluding carboxylic acids is 1. The highest BCUT2D eigenvalue weighted by molar-refractivity contribution is 8.01. The number of nitrogens with one attached hydrogen (secondary N) is 2. The zero-order chi connectivity index (χ0) is 12.6. The fraction of sp³-hybridized carbons (Fsp3) is 0.818. The number of thioether (sulfide) groups is 1. The van der Waals surface area contributed by atoms with Crippen LogP contribution in [0.1, 0.15) is 44.9 Å². The van der Waals surface area contributed by atoms with Crippen molar-refractivity contribution in [2.24, 2.45) is 0 Å². The molecule has 1 saturated carbocycles. The maximum absolute atomic E-state index is 12.5. The van der Waals surface area contributed by atoms with Crippen molar-refractivity contribution in [3.05, 3.63) is 5.82 Å². The number of hydrogen-bond acceptors (Lipinski definition) is 5. The lowest BCUT2D eigenvalue weighted by molar-refractivity contribution is -0.126. The van der Waals surface area contributed by atoms with Crippen LogP contribution in [0.15, 0.2) is 0 Å². The van der Waals surface area contributed by atoms with Crippen LogP contribution in [0, 0.1) is 0 Å². The van der Waals surface area contributed by atoms with E-state index in [4.69, 9.17) is 0 Å². The molecule has 1 amide bonds. The lowest BCUT2D eigenvalue weighted by Gasteiger charge is -2.41. The highest BCUT2D eigenvalue weighted by Crippen LogP contribution is 2.43. The van der Waals surface area contributed by atoms with E-state index in [1.54, 1.807) is 11.8 Å². The van der Waals surface area contributed by atoms with Crippen LogP contribution in [0.2, 0.25) is 0 Å². The summed E-state index contributed by atoms with van der Waals surface area (Å²) >= 11 is 1.75. The van der Waals surface area contributed by atoms with Crippen molar-refractivity contribution >= 4 is 17.7 Å². The Hall–Kier alpha value is -1.11.